The number of carbonyl (C=O) groups is 1. The molecule has 144 valence electrons. The number of benzene rings is 1. The standard InChI is InChI=1S/C19H29N3O3S/c1-15-5-3-4-14-22(15)26(24,25)18-8-6-16(7-9-18)19(23)21(2)17-10-12-20-13-11-17/h6-9,15,17,20H,3-5,10-14H2,1-2H3. The molecule has 0 saturated carbocycles. The lowest BCUT2D eigenvalue weighted by molar-refractivity contribution is 0.0703. The molecule has 1 N–H and O–H groups in total. The summed E-state index contributed by atoms with van der Waals surface area (Å²) < 4.78 is 27.4. The van der Waals surface area contributed by atoms with E-state index < -0.39 is 10.0 Å². The van der Waals surface area contributed by atoms with Crippen molar-refractivity contribution in [3.05, 3.63) is 29.8 Å². The van der Waals surface area contributed by atoms with Crippen LogP contribution in [0.25, 0.3) is 0 Å². The highest BCUT2D eigenvalue weighted by Gasteiger charge is 2.31. The smallest absolute Gasteiger partial charge is 0.253 e. The van der Waals surface area contributed by atoms with Crippen molar-refractivity contribution in [3.63, 3.8) is 0 Å². The van der Waals surface area contributed by atoms with Crippen LogP contribution < -0.4 is 5.32 Å². The monoisotopic (exact) mass is 379 g/mol. The van der Waals surface area contributed by atoms with E-state index >= 15 is 0 Å². The molecule has 1 atom stereocenters. The van der Waals surface area contributed by atoms with Gasteiger partial charge in [0, 0.05) is 31.2 Å². The predicted molar refractivity (Wildman–Crippen MR) is 102 cm³/mol. The van der Waals surface area contributed by atoms with Crippen LogP contribution >= 0.6 is 0 Å². The summed E-state index contributed by atoms with van der Waals surface area (Å²) in [6.07, 6.45) is 4.77. The van der Waals surface area contributed by atoms with Crippen LogP contribution in [-0.2, 0) is 10.0 Å². The average molecular weight is 380 g/mol. The summed E-state index contributed by atoms with van der Waals surface area (Å²) in [7, 11) is -1.66. The van der Waals surface area contributed by atoms with Gasteiger partial charge in [-0.2, -0.15) is 4.31 Å². The Bertz CT molecular complexity index is 727. The molecule has 2 aliphatic rings. The molecule has 0 spiro atoms. The average Bonchev–Trinajstić information content (AvgIpc) is 2.68. The lowest BCUT2D eigenvalue weighted by atomic mass is 10.0. The third kappa shape index (κ3) is 3.94. The topological polar surface area (TPSA) is 69.7 Å². The first-order valence-electron chi connectivity index (χ1n) is 9.51. The maximum Gasteiger partial charge on any atom is 0.253 e. The van der Waals surface area contributed by atoms with Crippen LogP contribution in [0.1, 0.15) is 49.4 Å². The lowest BCUT2D eigenvalue weighted by Gasteiger charge is -2.32. The number of carbonyl (C=O) groups excluding carboxylic acids is 1. The minimum absolute atomic E-state index is 0.0288. The Morgan fingerprint density at radius 2 is 1.77 bits per heavy atom. The van der Waals surface area contributed by atoms with Crippen LogP contribution in [-0.4, -0.2) is 62.3 Å². The van der Waals surface area contributed by atoms with Gasteiger partial charge in [0.25, 0.3) is 5.91 Å². The molecule has 0 radical (unpaired) electrons. The highest BCUT2D eigenvalue weighted by molar-refractivity contribution is 7.89. The Morgan fingerprint density at radius 3 is 2.38 bits per heavy atom. The van der Waals surface area contributed by atoms with E-state index in [1.165, 1.54) is 0 Å². The van der Waals surface area contributed by atoms with Crippen LogP contribution in [0.4, 0.5) is 0 Å². The van der Waals surface area contributed by atoms with Gasteiger partial charge in [0.2, 0.25) is 10.0 Å². The highest BCUT2D eigenvalue weighted by Crippen LogP contribution is 2.25. The van der Waals surface area contributed by atoms with Gasteiger partial charge in [-0.25, -0.2) is 8.42 Å². The SMILES string of the molecule is CC1CCCCN1S(=O)(=O)c1ccc(C(=O)N(C)C2CCNCC2)cc1. The Balaban J connectivity index is 1.74. The molecule has 26 heavy (non-hydrogen) atoms. The Hall–Kier alpha value is -1.44. The van der Waals surface area contributed by atoms with Gasteiger partial charge >= 0.3 is 0 Å². The molecule has 1 aromatic carbocycles. The predicted octanol–water partition coefficient (Wildman–Crippen LogP) is 2.07. The number of piperidine rings is 2. The fraction of sp³-hybridized carbons (Fsp3) is 0.632. The Morgan fingerprint density at radius 1 is 1.12 bits per heavy atom. The van der Waals surface area contributed by atoms with Crippen molar-refractivity contribution in [2.75, 3.05) is 26.7 Å². The summed E-state index contributed by atoms with van der Waals surface area (Å²) in [6, 6.07) is 6.69. The van der Waals surface area contributed by atoms with Crippen molar-refractivity contribution in [2.24, 2.45) is 0 Å². The summed E-state index contributed by atoms with van der Waals surface area (Å²) in [6.45, 7) is 4.38. The van der Waals surface area contributed by atoms with Crippen molar-refractivity contribution >= 4 is 15.9 Å². The second-order valence-corrected chi connectivity index (χ2v) is 9.27. The minimum atomic E-state index is -3.49. The normalized spacial score (nSPS) is 22.9. The van der Waals surface area contributed by atoms with Crippen molar-refractivity contribution in [1.82, 2.24) is 14.5 Å². The molecule has 1 aromatic rings. The number of nitrogens with zero attached hydrogens (tertiary/aromatic N) is 2. The lowest BCUT2D eigenvalue weighted by Crippen LogP contribution is -2.44. The molecular formula is C19H29N3O3S. The van der Waals surface area contributed by atoms with Gasteiger partial charge in [0.15, 0.2) is 0 Å². The molecule has 7 heteroatoms. The fourth-order valence-corrected chi connectivity index (χ4v) is 5.60. The maximum atomic E-state index is 12.9. The number of nitrogens with one attached hydrogen (secondary N) is 1. The summed E-state index contributed by atoms with van der Waals surface area (Å²) in [5.41, 5.74) is 0.539. The molecule has 6 nitrogen and oxygen atoms in total. The Labute approximate surface area is 156 Å². The first kappa shape index (κ1) is 19.3. The van der Waals surface area contributed by atoms with Gasteiger partial charge < -0.3 is 10.2 Å². The van der Waals surface area contributed by atoms with Gasteiger partial charge in [-0.05, 0) is 70.0 Å². The van der Waals surface area contributed by atoms with Gasteiger partial charge in [-0.15, -0.1) is 0 Å². The van der Waals surface area contributed by atoms with Crippen LogP contribution in [0, 0.1) is 0 Å². The molecule has 2 fully saturated rings. The van der Waals surface area contributed by atoms with Gasteiger partial charge in [-0.1, -0.05) is 6.42 Å². The Kier molecular flexibility index (Phi) is 5.99. The molecule has 0 aromatic heterocycles. The molecule has 0 aliphatic carbocycles. The van der Waals surface area contributed by atoms with Gasteiger partial charge in [-0.3, -0.25) is 4.79 Å². The third-order valence-electron chi connectivity index (χ3n) is 5.63. The van der Waals surface area contributed by atoms with Crippen molar-refractivity contribution < 1.29 is 13.2 Å². The minimum Gasteiger partial charge on any atom is -0.339 e. The second kappa shape index (κ2) is 8.06. The van der Waals surface area contributed by atoms with E-state index in [1.54, 1.807) is 33.5 Å². The van der Waals surface area contributed by atoms with E-state index in [-0.39, 0.29) is 22.9 Å². The fourth-order valence-electron chi connectivity index (χ4n) is 3.90. The van der Waals surface area contributed by atoms with Crippen LogP contribution in [0.15, 0.2) is 29.2 Å². The van der Waals surface area contributed by atoms with E-state index in [4.69, 9.17) is 0 Å². The summed E-state index contributed by atoms with van der Waals surface area (Å²) >= 11 is 0. The zero-order valence-corrected chi connectivity index (χ0v) is 16.5. The van der Waals surface area contributed by atoms with E-state index in [0.29, 0.717) is 12.1 Å². The summed E-state index contributed by atoms with van der Waals surface area (Å²) in [4.78, 5) is 14.8. The molecule has 1 amide bonds. The largest absolute Gasteiger partial charge is 0.339 e. The summed E-state index contributed by atoms with van der Waals surface area (Å²) in [5.74, 6) is -0.0489. The zero-order chi connectivity index (χ0) is 18.7. The van der Waals surface area contributed by atoms with Gasteiger partial charge in [0.1, 0.15) is 0 Å². The van der Waals surface area contributed by atoms with E-state index in [2.05, 4.69) is 5.32 Å². The van der Waals surface area contributed by atoms with Crippen LogP contribution in [0.5, 0.6) is 0 Å². The quantitative estimate of drug-likeness (QED) is 0.870. The highest BCUT2D eigenvalue weighted by atomic mass is 32.2. The molecular weight excluding hydrogens is 350 g/mol. The maximum absolute atomic E-state index is 12.9. The molecule has 1 unspecified atom stereocenters. The number of hydrogen-bond donors (Lipinski definition) is 1. The number of rotatable bonds is 4. The van der Waals surface area contributed by atoms with Gasteiger partial charge in [0.05, 0.1) is 4.90 Å². The van der Waals surface area contributed by atoms with Crippen molar-refractivity contribution in [1.29, 1.82) is 0 Å². The van der Waals surface area contributed by atoms with Crippen molar-refractivity contribution in [3.8, 4) is 0 Å². The number of amides is 1. The molecule has 2 heterocycles. The second-order valence-electron chi connectivity index (χ2n) is 7.38. The number of hydrogen-bond acceptors (Lipinski definition) is 4. The summed E-state index contributed by atoms with van der Waals surface area (Å²) in [5, 5.41) is 3.30. The van der Waals surface area contributed by atoms with Crippen molar-refractivity contribution in [2.45, 2.75) is 56.0 Å². The first-order chi connectivity index (χ1) is 12.4. The zero-order valence-electron chi connectivity index (χ0n) is 15.6. The van der Waals surface area contributed by atoms with E-state index in [9.17, 15) is 13.2 Å². The van der Waals surface area contributed by atoms with E-state index in [1.807, 2.05) is 14.0 Å². The number of sulfonamides is 1. The van der Waals surface area contributed by atoms with E-state index in [0.717, 1.165) is 45.2 Å². The first-order valence-corrected chi connectivity index (χ1v) is 10.9. The molecule has 3 rings (SSSR count). The van der Waals surface area contributed by atoms with Crippen LogP contribution in [0.2, 0.25) is 0 Å². The third-order valence-corrected chi connectivity index (χ3v) is 7.65. The molecule has 2 saturated heterocycles. The molecule has 2 aliphatic heterocycles. The molecule has 0 bridgehead atoms. The van der Waals surface area contributed by atoms with Crippen LogP contribution in [0.3, 0.4) is 0 Å².